The van der Waals surface area contributed by atoms with Crippen molar-refractivity contribution in [2.75, 3.05) is 0 Å². The number of halogens is 3. The molecule has 0 N–H and O–H groups in total. The average Bonchev–Trinajstić information content (AvgIpc) is 2.93. The maximum absolute atomic E-state index is 12.8. The van der Waals surface area contributed by atoms with E-state index in [0.29, 0.717) is 11.9 Å². The maximum atomic E-state index is 12.8. The van der Waals surface area contributed by atoms with Gasteiger partial charge in [0.25, 0.3) is 5.56 Å². The molecule has 0 saturated carbocycles. The Balaban J connectivity index is 1.91. The number of hydrogen-bond acceptors (Lipinski definition) is 1. The summed E-state index contributed by atoms with van der Waals surface area (Å²) >= 11 is 0. The molecule has 0 radical (unpaired) electrons. The number of pyridine rings is 1. The van der Waals surface area contributed by atoms with Crippen molar-refractivity contribution in [1.82, 2.24) is 9.13 Å². The Morgan fingerprint density at radius 2 is 1.63 bits per heavy atom. The summed E-state index contributed by atoms with van der Waals surface area (Å²) in [6, 6.07) is 12.9. The van der Waals surface area contributed by atoms with Gasteiger partial charge in [0.05, 0.1) is 5.56 Å². The van der Waals surface area contributed by atoms with E-state index in [1.54, 1.807) is 13.2 Å². The Labute approximate surface area is 153 Å². The van der Waals surface area contributed by atoms with E-state index >= 15 is 0 Å². The fourth-order valence-electron chi connectivity index (χ4n) is 3.66. The number of aryl methyl sites for hydroxylation is 2. The SMILES string of the molecule is Cn1cc(Cc2ccc(C(F)(F)F)cc2)c2c3ccccc3n(C)c2c1=O. The number of alkyl halides is 3. The van der Waals surface area contributed by atoms with Crippen molar-refractivity contribution in [2.24, 2.45) is 14.1 Å². The Morgan fingerprint density at radius 3 is 2.30 bits per heavy atom. The zero-order valence-electron chi connectivity index (χ0n) is 14.8. The molecule has 0 fully saturated rings. The van der Waals surface area contributed by atoms with Crippen LogP contribution in [0.25, 0.3) is 21.8 Å². The molecule has 4 rings (SSSR count). The van der Waals surface area contributed by atoms with Crippen LogP contribution >= 0.6 is 0 Å². The predicted octanol–water partition coefficient (Wildman–Crippen LogP) is 4.64. The van der Waals surface area contributed by atoms with Gasteiger partial charge in [-0.15, -0.1) is 0 Å². The van der Waals surface area contributed by atoms with Crippen molar-refractivity contribution in [2.45, 2.75) is 12.6 Å². The van der Waals surface area contributed by atoms with Crippen molar-refractivity contribution in [3.63, 3.8) is 0 Å². The van der Waals surface area contributed by atoms with Gasteiger partial charge >= 0.3 is 6.18 Å². The van der Waals surface area contributed by atoms with Crippen LogP contribution in [-0.4, -0.2) is 9.13 Å². The molecular formula is C21H17F3N2O. The van der Waals surface area contributed by atoms with Crippen molar-refractivity contribution >= 4 is 21.8 Å². The third-order valence-electron chi connectivity index (χ3n) is 4.98. The van der Waals surface area contributed by atoms with E-state index < -0.39 is 11.7 Å². The summed E-state index contributed by atoms with van der Waals surface area (Å²) in [6.45, 7) is 0. The second kappa shape index (κ2) is 6.01. The molecule has 0 aliphatic heterocycles. The standard InChI is InChI=1S/C21H17F3N2O/c1-25-12-14(11-13-7-9-15(10-8-13)21(22,23)24)18-16-5-3-4-6-17(16)26(2)19(18)20(25)27/h3-10,12H,11H2,1-2H3. The molecule has 0 saturated heterocycles. The molecule has 2 heterocycles. The van der Waals surface area contributed by atoms with Gasteiger partial charge in [0.2, 0.25) is 0 Å². The van der Waals surface area contributed by atoms with E-state index in [2.05, 4.69) is 0 Å². The van der Waals surface area contributed by atoms with Crippen LogP contribution in [-0.2, 0) is 26.7 Å². The van der Waals surface area contributed by atoms with E-state index in [-0.39, 0.29) is 5.56 Å². The minimum Gasteiger partial charge on any atom is -0.339 e. The summed E-state index contributed by atoms with van der Waals surface area (Å²) in [5.74, 6) is 0. The van der Waals surface area contributed by atoms with Crippen LogP contribution in [0, 0.1) is 0 Å². The van der Waals surface area contributed by atoms with Gasteiger partial charge < -0.3 is 9.13 Å². The molecule has 0 atom stereocenters. The maximum Gasteiger partial charge on any atom is 0.416 e. The highest BCUT2D eigenvalue weighted by Crippen LogP contribution is 2.32. The summed E-state index contributed by atoms with van der Waals surface area (Å²) < 4.78 is 41.8. The lowest BCUT2D eigenvalue weighted by Gasteiger charge is -2.10. The van der Waals surface area contributed by atoms with Crippen molar-refractivity contribution in [3.8, 4) is 0 Å². The molecule has 4 aromatic rings. The minimum atomic E-state index is -4.35. The van der Waals surface area contributed by atoms with Crippen molar-refractivity contribution < 1.29 is 13.2 Å². The fourth-order valence-corrected chi connectivity index (χ4v) is 3.66. The summed E-state index contributed by atoms with van der Waals surface area (Å²) in [6.07, 6.45) is -2.14. The summed E-state index contributed by atoms with van der Waals surface area (Å²) in [5, 5.41) is 1.82. The van der Waals surface area contributed by atoms with Crippen molar-refractivity contribution in [3.05, 3.63) is 81.8 Å². The van der Waals surface area contributed by atoms with Crippen molar-refractivity contribution in [1.29, 1.82) is 0 Å². The van der Waals surface area contributed by atoms with Gasteiger partial charge in [-0.3, -0.25) is 4.79 Å². The Hall–Kier alpha value is -3.02. The van der Waals surface area contributed by atoms with Crippen LogP contribution in [0.1, 0.15) is 16.7 Å². The number of para-hydroxylation sites is 1. The first kappa shape index (κ1) is 17.4. The molecule has 0 spiro atoms. The second-order valence-electron chi connectivity index (χ2n) is 6.74. The number of aromatic nitrogens is 2. The average molecular weight is 370 g/mol. The number of hydrogen-bond donors (Lipinski definition) is 0. The molecular weight excluding hydrogens is 353 g/mol. The first-order valence-electron chi connectivity index (χ1n) is 8.49. The molecule has 27 heavy (non-hydrogen) atoms. The summed E-state index contributed by atoms with van der Waals surface area (Å²) in [7, 11) is 3.55. The van der Waals surface area contributed by atoms with Gasteiger partial charge in [-0.2, -0.15) is 13.2 Å². The molecule has 0 unspecified atom stereocenters. The molecule has 138 valence electrons. The highest BCUT2D eigenvalue weighted by Gasteiger charge is 2.30. The lowest BCUT2D eigenvalue weighted by atomic mass is 10.0. The summed E-state index contributed by atoms with van der Waals surface area (Å²) in [4.78, 5) is 12.7. The number of rotatable bonds is 2. The lowest BCUT2D eigenvalue weighted by molar-refractivity contribution is -0.137. The number of benzene rings is 2. The summed E-state index contributed by atoms with van der Waals surface area (Å²) in [5.41, 5.74) is 2.45. The van der Waals surface area contributed by atoms with Gasteiger partial charge in [-0.25, -0.2) is 0 Å². The zero-order valence-corrected chi connectivity index (χ0v) is 14.8. The molecule has 0 bridgehead atoms. The molecule has 2 aromatic carbocycles. The second-order valence-corrected chi connectivity index (χ2v) is 6.74. The Morgan fingerprint density at radius 1 is 0.963 bits per heavy atom. The van der Waals surface area contributed by atoms with Crippen LogP contribution in [0.3, 0.4) is 0 Å². The van der Waals surface area contributed by atoms with E-state index in [1.807, 2.05) is 35.9 Å². The Bertz CT molecular complexity index is 1210. The smallest absolute Gasteiger partial charge is 0.339 e. The third-order valence-corrected chi connectivity index (χ3v) is 4.98. The Kier molecular flexibility index (Phi) is 3.87. The van der Waals surface area contributed by atoms with Crippen LogP contribution < -0.4 is 5.56 Å². The highest BCUT2D eigenvalue weighted by molar-refractivity contribution is 6.09. The first-order chi connectivity index (χ1) is 12.8. The van der Waals surface area contributed by atoms with E-state index in [1.165, 1.54) is 16.7 Å². The topological polar surface area (TPSA) is 26.9 Å². The van der Waals surface area contributed by atoms with E-state index in [4.69, 9.17) is 0 Å². The molecule has 0 amide bonds. The lowest BCUT2D eigenvalue weighted by Crippen LogP contribution is -2.19. The van der Waals surface area contributed by atoms with Crippen LogP contribution in [0.2, 0.25) is 0 Å². The molecule has 2 aromatic heterocycles. The van der Waals surface area contributed by atoms with Gasteiger partial charge in [-0.1, -0.05) is 30.3 Å². The highest BCUT2D eigenvalue weighted by atomic mass is 19.4. The van der Waals surface area contributed by atoms with E-state index in [0.717, 1.165) is 39.5 Å². The molecule has 6 heteroatoms. The minimum absolute atomic E-state index is 0.0973. The molecule has 3 nitrogen and oxygen atoms in total. The zero-order chi connectivity index (χ0) is 19.3. The monoisotopic (exact) mass is 370 g/mol. The molecule has 0 aliphatic carbocycles. The van der Waals surface area contributed by atoms with E-state index in [9.17, 15) is 18.0 Å². The normalized spacial score (nSPS) is 12.2. The first-order valence-corrected chi connectivity index (χ1v) is 8.49. The van der Waals surface area contributed by atoms with Crippen LogP contribution in [0.5, 0.6) is 0 Å². The van der Waals surface area contributed by atoms with Gasteiger partial charge in [0.1, 0.15) is 5.52 Å². The van der Waals surface area contributed by atoms with Gasteiger partial charge in [0, 0.05) is 36.6 Å². The number of nitrogens with zero attached hydrogens (tertiary/aromatic N) is 2. The molecule has 0 aliphatic rings. The third kappa shape index (κ3) is 2.81. The quantitative estimate of drug-likeness (QED) is 0.505. The predicted molar refractivity (Wildman–Crippen MR) is 99.9 cm³/mol. The van der Waals surface area contributed by atoms with Gasteiger partial charge in [0.15, 0.2) is 0 Å². The largest absolute Gasteiger partial charge is 0.416 e. The van der Waals surface area contributed by atoms with Crippen LogP contribution in [0.15, 0.2) is 59.5 Å². The van der Waals surface area contributed by atoms with Gasteiger partial charge in [-0.05, 0) is 35.7 Å². The fraction of sp³-hybridized carbons (Fsp3) is 0.190. The number of fused-ring (bicyclic) bond motifs is 3. The van der Waals surface area contributed by atoms with Crippen LogP contribution in [0.4, 0.5) is 13.2 Å².